The second kappa shape index (κ2) is 6.19. The van der Waals surface area contributed by atoms with Gasteiger partial charge < -0.3 is 10.1 Å². The molecule has 1 aliphatic rings. The molecule has 112 valence electrons. The Labute approximate surface area is 119 Å². The summed E-state index contributed by atoms with van der Waals surface area (Å²) in [5.74, 6) is -0.964. The molecule has 0 bridgehead atoms. The Hall–Kier alpha value is -1.00. The topological polar surface area (TPSA) is 21.3 Å². The first kappa shape index (κ1) is 15.4. The third-order valence-electron chi connectivity index (χ3n) is 4.30. The summed E-state index contributed by atoms with van der Waals surface area (Å²) < 4.78 is 34.6. The van der Waals surface area contributed by atoms with E-state index >= 15 is 0 Å². The number of rotatable bonds is 5. The van der Waals surface area contributed by atoms with Gasteiger partial charge >= 0.3 is 0 Å². The number of halogens is 2. The van der Waals surface area contributed by atoms with E-state index in [4.69, 9.17) is 4.74 Å². The second-order valence-corrected chi connectivity index (χ2v) is 5.52. The smallest absolute Gasteiger partial charge is 0.133 e. The lowest BCUT2D eigenvalue weighted by Crippen LogP contribution is -2.44. The lowest BCUT2D eigenvalue weighted by molar-refractivity contribution is -0.0625. The SMILES string of the molecule is CCOC1(C(NC)c2c(F)ccc(C)c2F)CCCC1. The van der Waals surface area contributed by atoms with Crippen molar-refractivity contribution < 1.29 is 13.5 Å². The van der Waals surface area contributed by atoms with Crippen LogP contribution in [0.3, 0.4) is 0 Å². The summed E-state index contributed by atoms with van der Waals surface area (Å²) in [4.78, 5) is 0. The molecule has 20 heavy (non-hydrogen) atoms. The van der Waals surface area contributed by atoms with Gasteiger partial charge in [-0.3, -0.25) is 0 Å². The highest BCUT2D eigenvalue weighted by atomic mass is 19.1. The molecule has 1 fully saturated rings. The summed E-state index contributed by atoms with van der Waals surface area (Å²) in [5.41, 5.74) is 0.0769. The molecule has 0 spiro atoms. The molecule has 0 aromatic heterocycles. The summed E-state index contributed by atoms with van der Waals surface area (Å²) in [5, 5.41) is 3.09. The maximum absolute atomic E-state index is 14.4. The molecule has 1 aliphatic carbocycles. The summed E-state index contributed by atoms with van der Waals surface area (Å²) in [6, 6.07) is 2.36. The molecular formula is C16H23F2NO. The van der Waals surface area contributed by atoms with Gasteiger partial charge in [0.2, 0.25) is 0 Å². The first-order valence-electron chi connectivity index (χ1n) is 7.31. The Morgan fingerprint density at radius 2 is 1.95 bits per heavy atom. The number of benzene rings is 1. The van der Waals surface area contributed by atoms with E-state index in [0.29, 0.717) is 12.2 Å². The van der Waals surface area contributed by atoms with Crippen LogP contribution in [-0.4, -0.2) is 19.3 Å². The van der Waals surface area contributed by atoms with Gasteiger partial charge in [0.1, 0.15) is 11.6 Å². The van der Waals surface area contributed by atoms with E-state index in [1.165, 1.54) is 12.1 Å². The van der Waals surface area contributed by atoms with Crippen LogP contribution >= 0.6 is 0 Å². The fraction of sp³-hybridized carbons (Fsp3) is 0.625. The van der Waals surface area contributed by atoms with Crippen LogP contribution < -0.4 is 5.32 Å². The van der Waals surface area contributed by atoms with E-state index in [9.17, 15) is 8.78 Å². The minimum Gasteiger partial charge on any atom is -0.373 e. The zero-order valence-electron chi connectivity index (χ0n) is 12.4. The second-order valence-electron chi connectivity index (χ2n) is 5.52. The molecular weight excluding hydrogens is 260 g/mol. The fourth-order valence-electron chi connectivity index (χ4n) is 3.39. The Bertz CT molecular complexity index is 470. The Morgan fingerprint density at radius 1 is 1.30 bits per heavy atom. The van der Waals surface area contributed by atoms with Gasteiger partial charge in [0, 0.05) is 12.2 Å². The van der Waals surface area contributed by atoms with Gasteiger partial charge in [0.25, 0.3) is 0 Å². The summed E-state index contributed by atoms with van der Waals surface area (Å²) in [7, 11) is 1.74. The summed E-state index contributed by atoms with van der Waals surface area (Å²) >= 11 is 0. The van der Waals surface area contributed by atoms with Crippen LogP contribution in [0.4, 0.5) is 8.78 Å². The van der Waals surface area contributed by atoms with Crippen LogP contribution in [0.1, 0.15) is 49.8 Å². The van der Waals surface area contributed by atoms with Crippen LogP contribution in [0, 0.1) is 18.6 Å². The zero-order chi connectivity index (χ0) is 14.8. The third-order valence-corrected chi connectivity index (χ3v) is 4.30. The van der Waals surface area contributed by atoms with Crippen molar-refractivity contribution in [2.24, 2.45) is 0 Å². The highest BCUT2D eigenvalue weighted by Crippen LogP contribution is 2.44. The average molecular weight is 283 g/mol. The van der Waals surface area contributed by atoms with Gasteiger partial charge in [-0.05, 0) is 45.4 Å². The standard InChI is InChI=1S/C16H23F2NO/c1-4-20-16(9-5-6-10-16)15(19-3)13-12(17)8-7-11(2)14(13)18/h7-8,15,19H,4-6,9-10H2,1-3H3. The van der Waals surface area contributed by atoms with E-state index in [1.807, 2.05) is 6.92 Å². The molecule has 4 heteroatoms. The quantitative estimate of drug-likeness (QED) is 0.885. The van der Waals surface area contributed by atoms with Crippen molar-refractivity contribution in [3.63, 3.8) is 0 Å². The molecule has 0 aliphatic heterocycles. The predicted octanol–water partition coefficient (Wildman–Crippen LogP) is 3.88. The molecule has 0 radical (unpaired) electrons. The molecule has 1 unspecified atom stereocenters. The molecule has 1 aromatic rings. The van der Waals surface area contributed by atoms with Gasteiger partial charge in [-0.2, -0.15) is 0 Å². The van der Waals surface area contributed by atoms with Gasteiger partial charge in [0.05, 0.1) is 11.6 Å². The van der Waals surface area contributed by atoms with Crippen molar-refractivity contribution in [2.75, 3.05) is 13.7 Å². The van der Waals surface area contributed by atoms with Crippen LogP contribution in [0.5, 0.6) is 0 Å². The summed E-state index contributed by atoms with van der Waals surface area (Å²) in [6.07, 6.45) is 3.73. The van der Waals surface area contributed by atoms with E-state index < -0.39 is 23.3 Å². The number of likely N-dealkylation sites (N-methyl/N-ethyl adjacent to an activating group) is 1. The number of aryl methyl sites for hydroxylation is 1. The van der Waals surface area contributed by atoms with Crippen LogP contribution in [-0.2, 0) is 4.74 Å². The highest BCUT2D eigenvalue weighted by molar-refractivity contribution is 5.31. The molecule has 2 nitrogen and oxygen atoms in total. The Balaban J connectivity index is 2.49. The van der Waals surface area contributed by atoms with Gasteiger partial charge in [-0.25, -0.2) is 8.78 Å². The minimum atomic E-state index is -0.501. The van der Waals surface area contributed by atoms with Crippen molar-refractivity contribution in [3.05, 3.63) is 34.9 Å². The Morgan fingerprint density at radius 3 is 2.50 bits per heavy atom. The summed E-state index contributed by atoms with van der Waals surface area (Å²) in [6.45, 7) is 4.13. The first-order valence-corrected chi connectivity index (χ1v) is 7.31. The number of ether oxygens (including phenoxy) is 1. The molecule has 1 atom stereocenters. The van der Waals surface area contributed by atoms with Crippen LogP contribution in [0.25, 0.3) is 0 Å². The van der Waals surface area contributed by atoms with Crippen LogP contribution in [0.15, 0.2) is 12.1 Å². The molecule has 0 amide bonds. The maximum Gasteiger partial charge on any atom is 0.133 e. The van der Waals surface area contributed by atoms with Crippen molar-refractivity contribution >= 4 is 0 Å². The van der Waals surface area contributed by atoms with Crippen molar-refractivity contribution in [1.82, 2.24) is 5.32 Å². The molecule has 1 N–H and O–H groups in total. The highest BCUT2D eigenvalue weighted by Gasteiger charge is 2.44. The number of hydrogen-bond donors (Lipinski definition) is 1. The third kappa shape index (κ3) is 2.59. The van der Waals surface area contributed by atoms with Gasteiger partial charge in [-0.1, -0.05) is 18.9 Å². The zero-order valence-corrected chi connectivity index (χ0v) is 12.4. The van der Waals surface area contributed by atoms with Crippen molar-refractivity contribution in [3.8, 4) is 0 Å². The average Bonchev–Trinajstić information content (AvgIpc) is 2.89. The van der Waals surface area contributed by atoms with Gasteiger partial charge in [-0.15, -0.1) is 0 Å². The van der Waals surface area contributed by atoms with Crippen molar-refractivity contribution in [2.45, 2.75) is 51.2 Å². The minimum absolute atomic E-state index is 0.114. The lowest BCUT2D eigenvalue weighted by Gasteiger charge is -2.38. The van der Waals surface area contributed by atoms with E-state index in [-0.39, 0.29) is 5.56 Å². The normalized spacial score (nSPS) is 19.2. The maximum atomic E-state index is 14.4. The predicted molar refractivity (Wildman–Crippen MR) is 75.7 cm³/mol. The van der Waals surface area contributed by atoms with E-state index in [0.717, 1.165) is 25.7 Å². The number of nitrogens with one attached hydrogen (secondary N) is 1. The lowest BCUT2D eigenvalue weighted by atomic mass is 9.85. The van der Waals surface area contributed by atoms with E-state index in [1.54, 1.807) is 14.0 Å². The molecule has 0 saturated heterocycles. The molecule has 1 saturated carbocycles. The van der Waals surface area contributed by atoms with Crippen molar-refractivity contribution in [1.29, 1.82) is 0 Å². The van der Waals surface area contributed by atoms with Crippen LogP contribution in [0.2, 0.25) is 0 Å². The molecule has 1 aromatic carbocycles. The fourth-order valence-corrected chi connectivity index (χ4v) is 3.39. The Kier molecular flexibility index (Phi) is 4.76. The van der Waals surface area contributed by atoms with Gasteiger partial charge in [0.15, 0.2) is 0 Å². The largest absolute Gasteiger partial charge is 0.373 e. The molecule has 0 heterocycles. The van der Waals surface area contributed by atoms with E-state index in [2.05, 4.69) is 5.32 Å². The molecule has 2 rings (SSSR count). The first-order chi connectivity index (χ1) is 9.55. The number of hydrogen-bond acceptors (Lipinski definition) is 2. The monoisotopic (exact) mass is 283 g/mol.